The molecular formula is C14H14Cl2N2O2. The number of benzene rings is 1. The summed E-state index contributed by atoms with van der Waals surface area (Å²) in [5.41, 5.74) is 1.85. The van der Waals surface area contributed by atoms with Gasteiger partial charge in [-0.05, 0) is 37.6 Å². The Morgan fingerprint density at radius 2 is 1.80 bits per heavy atom. The van der Waals surface area contributed by atoms with Crippen molar-refractivity contribution in [3.63, 3.8) is 0 Å². The Balaban J connectivity index is 2.35. The van der Waals surface area contributed by atoms with Gasteiger partial charge in [0.05, 0.1) is 17.3 Å². The van der Waals surface area contributed by atoms with Crippen molar-refractivity contribution in [2.75, 3.05) is 5.32 Å². The number of aromatic hydroxyl groups is 2. The molecule has 4 nitrogen and oxygen atoms in total. The van der Waals surface area contributed by atoms with Gasteiger partial charge in [0.1, 0.15) is 16.7 Å². The first-order chi connectivity index (χ1) is 9.40. The van der Waals surface area contributed by atoms with Gasteiger partial charge in [-0.3, -0.25) is 0 Å². The summed E-state index contributed by atoms with van der Waals surface area (Å²) in [6, 6.07) is 5.94. The second-order valence-corrected chi connectivity index (χ2v) is 5.25. The lowest BCUT2D eigenvalue weighted by Gasteiger charge is -2.20. The molecule has 1 heterocycles. The number of aryl methyl sites for hydroxylation is 1. The summed E-state index contributed by atoms with van der Waals surface area (Å²) in [6.45, 7) is 3.65. The predicted molar refractivity (Wildman–Crippen MR) is 80.8 cm³/mol. The highest BCUT2D eigenvalue weighted by molar-refractivity contribution is 6.34. The Hall–Kier alpha value is -1.65. The van der Waals surface area contributed by atoms with Gasteiger partial charge in [-0.1, -0.05) is 29.3 Å². The minimum Gasteiger partial charge on any atom is -0.507 e. The first-order valence-electron chi connectivity index (χ1n) is 6.00. The molecule has 2 rings (SSSR count). The number of aromatic nitrogens is 1. The van der Waals surface area contributed by atoms with Crippen LogP contribution in [0.5, 0.6) is 11.5 Å². The van der Waals surface area contributed by atoms with Crippen molar-refractivity contribution in [3.8, 4) is 11.5 Å². The number of hydrogen-bond donors (Lipinski definition) is 3. The van der Waals surface area contributed by atoms with Gasteiger partial charge in [-0.15, -0.1) is 0 Å². The van der Waals surface area contributed by atoms with Crippen LogP contribution in [0.2, 0.25) is 10.3 Å². The number of rotatable bonds is 3. The molecule has 0 saturated heterocycles. The van der Waals surface area contributed by atoms with Crippen molar-refractivity contribution in [2.45, 2.75) is 19.9 Å². The van der Waals surface area contributed by atoms with E-state index in [9.17, 15) is 10.2 Å². The highest BCUT2D eigenvalue weighted by Crippen LogP contribution is 2.36. The molecule has 20 heavy (non-hydrogen) atoms. The Bertz CT molecular complexity index is 604. The number of anilines is 1. The molecule has 0 aliphatic heterocycles. The van der Waals surface area contributed by atoms with E-state index >= 15 is 0 Å². The number of nitrogens with one attached hydrogen (secondary N) is 1. The van der Waals surface area contributed by atoms with Crippen molar-refractivity contribution >= 4 is 28.9 Å². The molecule has 0 bridgehead atoms. The first kappa shape index (κ1) is 14.8. The Kier molecular flexibility index (Phi) is 4.26. The fraction of sp³-hybridized carbons (Fsp3) is 0.214. The Morgan fingerprint density at radius 1 is 1.20 bits per heavy atom. The van der Waals surface area contributed by atoms with Gasteiger partial charge in [-0.25, -0.2) is 4.98 Å². The lowest BCUT2D eigenvalue weighted by Crippen LogP contribution is -2.09. The maximum atomic E-state index is 9.85. The molecular weight excluding hydrogens is 299 g/mol. The number of phenols is 2. The molecule has 1 atom stereocenters. The molecule has 2 aromatic rings. The molecule has 1 unspecified atom stereocenters. The third-order valence-electron chi connectivity index (χ3n) is 3.00. The number of halogens is 2. The van der Waals surface area contributed by atoms with Gasteiger partial charge in [0.25, 0.3) is 0 Å². The van der Waals surface area contributed by atoms with E-state index < -0.39 is 0 Å². The van der Waals surface area contributed by atoms with E-state index in [1.54, 1.807) is 19.1 Å². The topological polar surface area (TPSA) is 65.4 Å². The SMILES string of the molecule is Cc1cc(Cl)nc(Cl)c1NC(C)c1c(O)cccc1O. The smallest absolute Gasteiger partial charge is 0.154 e. The van der Waals surface area contributed by atoms with Crippen LogP contribution in [-0.4, -0.2) is 15.2 Å². The van der Waals surface area contributed by atoms with Crippen LogP contribution in [0, 0.1) is 6.92 Å². The minimum absolute atomic E-state index is 0.0145. The molecule has 1 aromatic carbocycles. The summed E-state index contributed by atoms with van der Waals surface area (Å²) < 4.78 is 0. The van der Waals surface area contributed by atoms with Crippen LogP contribution in [0.25, 0.3) is 0 Å². The predicted octanol–water partition coefficient (Wildman–Crippen LogP) is 4.28. The third kappa shape index (κ3) is 2.92. The molecule has 6 heteroatoms. The molecule has 0 aliphatic carbocycles. The van der Waals surface area contributed by atoms with E-state index in [1.165, 1.54) is 12.1 Å². The van der Waals surface area contributed by atoms with Crippen molar-refractivity contribution in [1.29, 1.82) is 0 Å². The van der Waals surface area contributed by atoms with Crippen LogP contribution < -0.4 is 5.32 Å². The van der Waals surface area contributed by atoms with Crippen molar-refractivity contribution < 1.29 is 10.2 Å². The lowest BCUT2D eigenvalue weighted by atomic mass is 10.1. The zero-order valence-corrected chi connectivity index (χ0v) is 12.5. The maximum absolute atomic E-state index is 9.85. The summed E-state index contributed by atoms with van der Waals surface area (Å²) >= 11 is 11.9. The minimum atomic E-state index is -0.352. The second-order valence-electron chi connectivity index (χ2n) is 4.50. The third-order valence-corrected chi connectivity index (χ3v) is 3.46. The van der Waals surface area contributed by atoms with E-state index in [-0.39, 0.29) is 22.7 Å². The van der Waals surface area contributed by atoms with Crippen LogP contribution in [0.1, 0.15) is 24.1 Å². The van der Waals surface area contributed by atoms with E-state index in [4.69, 9.17) is 23.2 Å². The largest absolute Gasteiger partial charge is 0.507 e. The van der Waals surface area contributed by atoms with Gasteiger partial charge in [0.2, 0.25) is 0 Å². The average Bonchev–Trinajstić information content (AvgIpc) is 2.33. The molecule has 0 radical (unpaired) electrons. The maximum Gasteiger partial charge on any atom is 0.154 e. The summed E-state index contributed by atoms with van der Waals surface area (Å²) in [7, 11) is 0. The lowest BCUT2D eigenvalue weighted by molar-refractivity contribution is 0.434. The van der Waals surface area contributed by atoms with E-state index in [0.717, 1.165) is 5.56 Å². The molecule has 106 valence electrons. The number of hydrogen-bond acceptors (Lipinski definition) is 4. The quantitative estimate of drug-likeness (QED) is 0.740. The van der Waals surface area contributed by atoms with Gasteiger partial charge < -0.3 is 15.5 Å². The Labute approximate surface area is 127 Å². The molecule has 0 saturated carbocycles. The fourth-order valence-electron chi connectivity index (χ4n) is 2.04. The van der Waals surface area contributed by atoms with E-state index in [1.807, 2.05) is 6.92 Å². The fourth-order valence-corrected chi connectivity index (χ4v) is 2.63. The van der Waals surface area contributed by atoms with Gasteiger partial charge in [0.15, 0.2) is 5.15 Å². The zero-order valence-electron chi connectivity index (χ0n) is 11.0. The number of pyridine rings is 1. The Morgan fingerprint density at radius 3 is 2.35 bits per heavy atom. The molecule has 0 spiro atoms. The standard InChI is InChI=1S/C14H14Cl2N2O2/c1-7-6-11(15)18-14(16)13(7)17-8(2)12-9(19)4-3-5-10(12)20/h3-6,8,17,19-20H,1-2H3. The van der Waals surface area contributed by atoms with Crippen LogP contribution in [-0.2, 0) is 0 Å². The average molecular weight is 313 g/mol. The van der Waals surface area contributed by atoms with Crippen LogP contribution in [0.4, 0.5) is 5.69 Å². The highest BCUT2D eigenvalue weighted by atomic mass is 35.5. The van der Waals surface area contributed by atoms with E-state index in [2.05, 4.69) is 10.3 Å². The van der Waals surface area contributed by atoms with Gasteiger partial charge in [0, 0.05) is 0 Å². The van der Waals surface area contributed by atoms with Crippen molar-refractivity contribution in [1.82, 2.24) is 4.98 Å². The van der Waals surface area contributed by atoms with E-state index in [0.29, 0.717) is 16.4 Å². The van der Waals surface area contributed by atoms with Gasteiger partial charge in [-0.2, -0.15) is 0 Å². The van der Waals surface area contributed by atoms with Crippen molar-refractivity contribution in [2.24, 2.45) is 0 Å². The van der Waals surface area contributed by atoms with Crippen molar-refractivity contribution in [3.05, 3.63) is 45.7 Å². The summed E-state index contributed by atoms with van der Waals surface area (Å²) in [5, 5.41) is 23.4. The molecule has 3 N–H and O–H groups in total. The molecule has 1 aromatic heterocycles. The zero-order chi connectivity index (χ0) is 14.9. The summed E-state index contributed by atoms with van der Waals surface area (Å²) in [4.78, 5) is 3.97. The second kappa shape index (κ2) is 5.77. The highest BCUT2D eigenvalue weighted by Gasteiger charge is 2.17. The van der Waals surface area contributed by atoms with Gasteiger partial charge >= 0.3 is 0 Å². The van der Waals surface area contributed by atoms with Crippen LogP contribution in [0.15, 0.2) is 24.3 Å². The molecule has 0 fully saturated rings. The molecule has 0 amide bonds. The monoisotopic (exact) mass is 312 g/mol. The normalized spacial score (nSPS) is 12.2. The number of phenolic OH excluding ortho intramolecular Hbond substituents is 2. The summed E-state index contributed by atoms with van der Waals surface area (Å²) in [6.07, 6.45) is 0. The molecule has 0 aliphatic rings. The van der Waals surface area contributed by atoms with Crippen LogP contribution >= 0.6 is 23.2 Å². The summed E-state index contributed by atoms with van der Waals surface area (Å²) in [5.74, 6) is 0.0291. The number of nitrogens with zero attached hydrogens (tertiary/aromatic N) is 1. The first-order valence-corrected chi connectivity index (χ1v) is 6.75. The van der Waals surface area contributed by atoms with Crippen LogP contribution in [0.3, 0.4) is 0 Å².